The van der Waals surface area contributed by atoms with E-state index in [0.29, 0.717) is 23.4 Å². The normalized spacial score (nSPS) is 14.6. The Kier molecular flexibility index (Phi) is 5.17. The SMILES string of the molecule is CC(C)(C)CC(NC(=O)c1ccc2c(c1)OCC(=O)N2)c1ccc(F)cc1. The van der Waals surface area contributed by atoms with Gasteiger partial charge in [0.05, 0.1) is 11.7 Å². The van der Waals surface area contributed by atoms with Crippen LogP contribution in [0.1, 0.15) is 49.2 Å². The fourth-order valence-corrected chi connectivity index (χ4v) is 3.02. The largest absolute Gasteiger partial charge is 0.482 e. The van der Waals surface area contributed by atoms with Crippen molar-refractivity contribution in [1.29, 1.82) is 0 Å². The average Bonchev–Trinajstić information content (AvgIpc) is 2.60. The number of ether oxygens (including phenoxy) is 1. The van der Waals surface area contributed by atoms with Crippen LogP contribution in [0.5, 0.6) is 5.75 Å². The minimum atomic E-state index is -0.312. The molecular formula is C21H23FN2O3. The van der Waals surface area contributed by atoms with Crippen LogP contribution in [0.3, 0.4) is 0 Å². The van der Waals surface area contributed by atoms with Crippen LogP contribution in [-0.2, 0) is 4.79 Å². The van der Waals surface area contributed by atoms with Crippen molar-refractivity contribution in [1.82, 2.24) is 5.32 Å². The van der Waals surface area contributed by atoms with E-state index in [2.05, 4.69) is 31.4 Å². The summed E-state index contributed by atoms with van der Waals surface area (Å²) in [4.78, 5) is 24.2. The Morgan fingerprint density at radius 1 is 1.22 bits per heavy atom. The molecule has 1 unspecified atom stereocenters. The Morgan fingerprint density at radius 3 is 2.59 bits per heavy atom. The first-order valence-electron chi connectivity index (χ1n) is 8.84. The third-order valence-electron chi connectivity index (χ3n) is 4.27. The summed E-state index contributed by atoms with van der Waals surface area (Å²) < 4.78 is 18.6. The number of rotatable bonds is 4. The molecule has 2 amide bonds. The maximum atomic E-state index is 13.3. The summed E-state index contributed by atoms with van der Waals surface area (Å²) in [5.74, 6) is -0.317. The van der Waals surface area contributed by atoms with Crippen molar-refractivity contribution in [2.75, 3.05) is 11.9 Å². The highest BCUT2D eigenvalue weighted by atomic mass is 19.1. The molecule has 1 atom stereocenters. The zero-order valence-corrected chi connectivity index (χ0v) is 15.6. The van der Waals surface area contributed by atoms with Gasteiger partial charge in [-0.3, -0.25) is 9.59 Å². The molecule has 2 aromatic rings. The van der Waals surface area contributed by atoms with Crippen molar-refractivity contribution in [3.63, 3.8) is 0 Å². The number of amides is 2. The van der Waals surface area contributed by atoms with Crippen LogP contribution in [0.2, 0.25) is 0 Å². The molecule has 5 nitrogen and oxygen atoms in total. The van der Waals surface area contributed by atoms with E-state index in [1.54, 1.807) is 30.3 Å². The van der Waals surface area contributed by atoms with Gasteiger partial charge in [0, 0.05) is 5.56 Å². The predicted molar refractivity (Wildman–Crippen MR) is 101 cm³/mol. The van der Waals surface area contributed by atoms with Gasteiger partial charge in [-0.05, 0) is 47.7 Å². The van der Waals surface area contributed by atoms with Crippen LogP contribution in [0.4, 0.5) is 10.1 Å². The van der Waals surface area contributed by atoms with Crippen LogP contribution in [0, 0.1) is 11.2 Å². The quantitative estimate of drug-likeness (QED) is 0.853. The Balaban J connectivity index is 1.81. The number of halogens is 1. The first kappa shape index (κ1) is 18.9. The lowest BCUT2D eigenvalue weighted by Gasteiger charge is -2.27. The van der Waals surface area contributed by atoms with Crippen molar-refractivity contribution >= 4 is 17.5 Å². The van der Waals surface area contributed by atoms with Crippen molar-refractivity contribution in [2.24, 2.45) is 5.41 Å². The third kappa shape index (κ3) is 4.84. The van der Waals surface area contributed by atoms with E-state index >= 15 is 0 Å². The zero-order chi connectivity index (χ0) is 19.6. The molecule has 2 N–H and O–H groups in total. The first-order valence-corrected chi connectivity index (χ1v) is 8.84. The van der Waals surface area contributed by atoms with Crippen LogP contribution in [0.15, 0.2) is 42.5 Å². The smallest absolute Gasteiger partial charge is 0.262 e. The average molecular weight is 370 g/mol. The number of nitrogens with one attached hydrogen (secondary N) is 2. The van der Waals surface area contributed by atoms with E-state index in [9.17, 15) is 14.0 Å². The van der Waals surface area contributed by atoms with E-state index in [-0.39, 0.29) is 35.7 Å². The summed E-state index contributed by atoms with van der Waals surface area (Å²) in [7, 11) is 0. The van der Waals surface area contributed by atoms with Gasteiger partial charge < -0.3 is 15.4 Å². The monoisotopic (exact) mass is 370 g/mol. The first-order chi connectivity index (χ1) is 12.7. The molecule has 27 heavy (non-hydrogen) atoms. The number of carbonyl (C=O) groups excluding carboxylic acids is 2. The number of fused-ring (bicyclic) bond motifs is 1. The molecular weight excluding hydrogens is 347 g/mol. The van der Waals surface area contributed by atoms with Gasteiger partial charge in [0.2, 0.25) is 0 Å². The number of carbonyl (C=O) groups is 2. The van der Waals surface area contributed by atoms with E-state index in [1.807, 2.05) is 0 Å². The number of hydrogen-bond acceptors (Lipinski definition) is 3. The lowest BCUT2D eigenvalue weighted by molar-refractivity contribution is -0.118. The summed E-state index contributed by atoms with van der Waals surface area (Å²) in [5, 5.41) is 5.73. The zero-order valence-electron chi connectivity index (χ0n) is 15.6. The molecule has 0 bridgehead atoms. The molecule has 0 saturated carbocycles. The lowest BCUT2D eigenvalue weighted by atomic mass is 9.85. The van der Waals surface area contributed by atoms with Gasteiger partial charge in [0.15, 0.2) is 6.61 Å². The second-order valence-electron chi connectivity index (χ2n) is 7.89. The standard InChI is InChI=1S/C21H23FN2O3/c1-21(2,3)11-17(13-4-7-15(22)8-5-13)24-20(26)14-6-9-16-18(10-14)27-12-19(25)23-16/h4-10,17H,11-12H2,1-3H3,(H,23,25)(H,24,26). The van der Waals surface area contributed by atoms with Gasteiger partial charge in [0.25, 0.3) is 11.8 Å². The minimum Gasteiger partial charge on any atom is -0.482 e. The maximum Gasteiger partial charge on any atom is 0.262 e. The molecule has 0 saturated heterocycles. The highest BCUT2D eigenvalue weighted by Crippen LogP contribution is 2.31. The van der Waals surface area contributed by atoms with Gasteiger partial charge in [-0.2, -0.15) is 0 Å². The Labute approximate surface area is 157 Å². The maximum absolute atomic E-state index is 13.3. The number of hydrogen-bond donors (Lipinski definition) is 2. The van der Waals surface area contributed by atoms with E-state index in [4.69, 9.17) is 4.74 Å². The highest BCUT2D eigenvalue weighted by Gasteiger charge is 2.24. The highest BCUT2D eigenvalue weighted by molar-refractivity contribution is 5.99. The summed E-state index contributed by atoms with van der Waals surface area (Å²) in [5.41, 5.74) is 1.80. The third-order valence-corrected chi connectivity index (χ3v) is 4.27. The Morgan fingerprint density at radius 2 is 1.93 bits per heavy atom. The topological polar surface area (TPSA) is 67.4 Å². The van der Waals surface area contributed by atoms with Crippen LogP contribution < -0.4 is 15.4 Å². The van der Waals surface area contributed by atoms with E-state index in [1.165, 1.54) is 12.1 Å². The second kappa shape index (κ2) is 7.39. The van der Waals surface area contributed by atoms with Crippen molar-refractivity contribution < 1.29 is 18.7 Å². The Bertz CT molecular complexity index is 857. The molecule has 6 heteroatoms. The molecule has 3 rings (SSSR count). The van der Waals surface area contributed by atoms with Gasteiger partial charge in [0.1, 0.15) is 11.6 Å². The molecule has 0 fully saturated rings. The van der Waals surface area contributed by atoms with E-state index < -0.39 is 0 Å². The summed E-state index contributed by atoms with van der Waals surface area (Å²) in [6, 6.07) is 10.8. The molecule has 1 aliphatic heterocycles. The molecule has 142 valence electrons. The van der Waals surface area contributed by atoms with Gasteiger partial charge in [-0.15, -0.1) is 0 Å². The number of benzene rings is 2. The minimum absolute atomic E-state index is 0.0322. The summed E-state index contributed by atoms with van der Waals surface area (Å²) >= 11 is 0. The summed E-state index contributed by atoms with van der Waals surface area (Å²) in [6.45, 7) is 6.20. The van der Waals surface area contributed by atoms with Crippen molar-refractivity contribution in [2.45, 2.75) is 33.2 Å². The van der Waals surface area contributed by atoms with Crippen molar-refractivity contribution in [3.8, 4) is 5.75 Å². The van der Waals surface area contributed by atoms with E-state index in [0.717, 1.165) is 5.56 Å². The fourth-order valence-electron chi connectivity index (χ4n) is 3.02. The molecule has 0 radical (unpaired) electrons. The Hall–Kier alpha value is -2.89. The van der Waals surface area contributed by atoms with Crippen LogP contribution >= 0.6 is 0 Å². The second-order valence-corrected chi connectivity index (χ2v) is 7.89. The van der Waals surface area contributed by atoms with Crippen LogP contribution in [0.25, 0.3) is 0 Å². The summed E-state index contributed by atoms with van der Waals surface area (Å²) in [6.07, 6.45) is 0.696. The molecule has 1 heterocycles. The van der Waals surface area contributed by atoms with Gasteiger partial charge in [-0.1, -0.05) is 32.9 Å². The van der Waals surface area contributed by atoms with Crippen molar-refractivity contribution in [3.05, 3.63) is 59.4 Å². The fraction of sp³-hybridized carbons (Fsp3) is 0.333. The lowest BCUT2D eigenvalue weighted by Crippen LogP contribution is -2.31. The molecule has 0 spiro atoms. The molecule has 1 aliphatic rings. The molecule has 0 aliphatic carbocycles. The van der Waals surface area contributed by atoms with Crippen LogP contribution in [-0.4, -0.2) is 18.4 Å². The predicted octanol–water partition coefficient (Wildman–Crippen LogP) is 4.06. The molecule has 2 aromatic carbocycles. The van der Waals surface area contributed by atoms with Gasteiger partial charge in [-0.25, -0.2) is 4.39 Å². The molecule has 0 aromatic heterocycles. The van der Waals surface area contributed by atoms with Gasteiger partial charge >= 0.3 is 0 Å². The number of anilines is 1.